The van der Waals surface area contributed by atoms with Crippen molar-refractivity contribution >= 4 is 27.5 Å². The second-order valence-electron chi connectivity index (χ2n) is 6.44. The molecule has 1 N–H and O–H groups in total. The van der Waals surface area contributed by atoms with E-state index in [0.717, 1.165) is 36.2 Å². The van der Waals surface area contributed by atoms with E-state index in [1.165, 1.54) is 5.69 Å². The molecule has 25 heavy (non-hydrogen) atoms. The highest BCUT2D eigenvalue weighted by Crippen LogP contribution is 2.17. The van der Waals surface area contributed by atoms with Crippen LogP contribution in [0.5, 0.6) is 0 Å². The maximum absolute atomic E-state index is 12.3. The van der Waals surface area contributed by atoms with E-state index in [9.17, 15) is 4.79 Å². The summed E-state index contributed by atoms with van der Waals surface area (Å²) in [6.45, 7) is 6.22. The van der Waals surface area contributed by atoms with E-state index < -0.39 is 0 Å². The lowest BCUT2D eigenvalue weighted by Crippen LogP contribution is -2.49. The topological polar surface area (TPSA) is 35.6 Å². The number of para-hydroxylation sites is 1. The highest BCUT2D eigenvalue weighted by Gasteiger charge is 2.20. The van der Waals surface area contributed by atoms with Gasteiger partial charge in [0.1, 0.15) is 0 Å². The Morgan fingerprint density at radius 1 is 1.04 bits per heavy atom. The van der Waals surface area contributed by atoms with Crippen LogP contribution < -0.4 is 10.2 Å². The van der Waals surface area contributed by atoms with Crippen molar-refractivity contribution in [3.8, 4) is 0 Å². The number of carbonyl (C=O) groups is 1. The zero-order chi connectivity index (χ0) is 17.6. The number of hydrogen-bond acceptors (Lipinski definition) is 3. The van der Waals surface area contributed by atoms with Crippen molar-refractivity contribution in [2.75, 3.05) is 37.6 Å². The van der Waals surface area contributed by atoms with E-state index in [1.54, 1.807) is 0 Å². The predicted octanol–water partition coefficient (Wildman–Crippen LogP) is 3.45. The Morgan fingerprint density at radius 3 is 2.32 bits per heavy atom. The molecule has 2 aromatic rings. The predicted molar refractivity (Wildman–Crippen MR) is 106 cm³/mol. The van der Waals surface area contributed by atoms with Gasteiger partial charge >= 0.3 is 0 Å². The van der Waals surface area contributed by atoms with Gasteiger partial charge in [-0.2, -0.15) is 0 Å². The summed E-state index contributed by atoms with van der Waals surface area (Å²) in [5, 5.41) is 3.10. The fourth-order valence-corrected chi connectivity index (χ4v) is 3.39. The van der Waals surface area contributed by atoms with E-state index in [4.69, 9.17) is 0 Å². The van der Waals surface area contributed by atoms with Crippen LogP contribution in [0.25, 0.3) is 0 Å². The minimum atomic E-state index is 0.0196. The average Bonchev–Trinajstić information content (AvgIpc) is 2.63. The summed E-state index contributed by atoms with van der Waals surface area (Å²) in [6.07, 6.45) is 0. The van der Waals surface area contributed by atoms with Crippen LogP contribution in [0.3, 0.4) is 0 Å². The van der Waals surface area contributed by atoms with E-state index >= 15 is 0 Å². The summed E-state index contributed by atoms with van der Waals surface area (Å²) in [4.78, 5) is 16.9. The molecular weight excluding hydrogens is 378 g/mol. The maximum atomic E-state index is 12.3. The van der Waals surface area contributed by atoms with Gasteiger partial charge in [-0.05, 0) is 36.8 Å². The van der Waals surface area contributed by atoms with Gasteiger partial charge in [-0.1, -0.05) is 46.3 Å². The van der Waals surface area contributed by atoms with Gasteiger partial charge in [0.25, 0.3) is 0 Å². The van der Waals surface area contributed by atoms with Gasteiger partial charge in [0.15, 0.2) is 0 Å². The quantitative estimate of drug-likeness (QED) is 0.832. The number of hydrogen-bond donors (Lipinski definition) is 1. The standard InChI is InChI=1S/C20H24BrN3O/c1-16(17-7-9-18(21)10-8-17)22-20(25)15-23-11-13-24(14-12-23)19-5-3-2-4-6-19/h2-10,16H,11-15H2,1H3,(H,22,25)/t16-/m0/s1. The van der Waals surface area contributed by atoms with Crippen LogP contribution in [0.2, 0.25) is 0 Å². The SMILES string of the molecule is C[C@H](NC(=O)CN1CCN(c2ccccc2)CC1)c1ccc(Br)cc1. The van der Waals surface area contributed by atoms with Gasteiger partial charge in [-0.25, -0.2) is 0 Å². The Kier molecular flexibility index (Phi) is 6.10. The Hall–Kier alpha value is -1.85. The summed E-state index contributed by atoms with van der Waals surface area (Å²) >= 11 is 3.43. The zero-order valence-electron chi connectivity index (χ0n) is 14.5. The lowest BCUT2D eigenvalue weighted by Gasteiger charge is -2.35. The number of benzene rings is 2. The lowest BCUT2D eigenvalue weighted by atomic mass is 10.1. The van der Waals surface area contributed by atoms with Crippen LogP contribution in [-0.2, 0) is 4.79 Å². The number of halogens is 1. The van der Waals surface area contributed by atoms with Gasteiger partial charge in [0.2, 0.25) is 5.91 Å². The molecule has 1 aliphatic heterocycles. The van der Waals surface area contributed by atoms with Crippen LogP contribution in [0.4, 0.5) is 5.69 Å². The second-order valence-corrected chi connectivity index (χ2v) is 7.36. The van der Waals surface area contributed by atoms with Gasteiger partial charge < -0.3 is 10.2 Å². The van der Waals surface area contributed by atoms with E-state index in [1.807, 2.05) is 37.3 Å². The zero-order valence-corrected chi connectivity index (χ0v) is 16.1. The van der Waals surface area contributed by atoms with E-state index in [-0.39, 0.29) is 11.9 Å². The molecular formula is C20H24BrN3O. The van der Waals surface area contributed by atoms with Crippen molar-refractivity contribution in [1.82, 2.24) is 10.2 Å². The molecule has 1 amide bonds. The van der Waals surface area contributed by atoms with Crippen molar-refractivity contribution in [2.45, 2.75) is 13.0 Å². The smallest absolute Gasteiger partial charge is 0.234 e. The number of anilines is 1. The van der Waals surface area contributed by atoms with E-state index in [2.05, 4.69) is 55.3 Å². The van der Waals surface area contributed by atoms with Gasteiger partial charge in [-0.15, -0.1) is 0 Å². The number of piperazine rings is 1. The molecule has 132 valence electrons. The van der Waals surface area contributed by atoms with Crippen LogP contribution in [-0.4, -0.2) is 43.5 Å². The fourth-order valence-electron chi connectivity index (χ4n) is 3.13. The van der Waals surface area contributed by atoms with Crippen molar-refractivity contribution < 1.29 is 4.79 Å². The minimum Gasteiger partial charge on any atom is -0.369 e. The average molecular weight is 402 g/mol. The first-order valence-electron chi connectivity index (χ1n) is 8.69. The third-order valence-electron chi connectivity index (χ3n) is 4.61. The summed E-state index contributed by atoms with van der Waals surface area (Å²) in [5.74, 6) is 0.0866. The fraction of sp³-hybridized carbons (Fsp3) is 0.350. The number of rotatable bonds is 5. The molecule has 5 heteroatoms. The lowest BCUT2D eigenvalue weighted by molar-refractivity contribution is -0.123. The molecule has 1 heterocycles. The van der Waals surface area contributed by atoms with Gasteiger partial charge in [-0.3, -0.25) is 9.69 Å². The Balaban J connectivity index is 1.45. The molecule has 1 atom stereocenters. The molecule has 1 saturated heterocycles. The Bertz CT molecular complexity index is 682. The molecule has 1 fully saturated rings. The molecule has 3 rings (SSSR count). The molecule has 0 aromatic heterocycles. The highest BCUT2D eigenvalue weighted by atomic mass is 79.9. The highest BCUT2D eigenvalue weighted by molar-refractivity contribution is 9.10. The molecule has 0 spiro atoms. The van der Waals surface area contributed by atoms with E-state index in [0.29, 0.717) is 6.54 Å². The van der Waals surface area contributed by atoms with Crippen molar-refractivity contribution in [3.63, 3.8) is 0 Å². The Morgan fingerprint density at radius 2 is 1.68 bits per heavy atom. The molecule has 0 radical (unpaired) electrons. The van der Waals surface area contributed by atoms with Crippen molar-refractivity contribution in [2.24, 2.45) is 0 Å². The molecule has 0 saturated carbocycles. The van der Waals surface area contributed by atoms with Crippen molar-refractivity contribution in [3.05, 3.63) is 64.6 Å². The largest absolute Gasteiger partial charge is 0.369 e. The molecule has 0 unspecified atom stereocenters. The number of amides is 1. The molecule has 1 aliphatic rings. The number of nitrogens with zero attached hydrogens (tertiary/aromatic N) is 2. The summed E-state index contributed by atoms with van der Waals surface area (Å²) in [7, 11) is 0. The number of nitrogens with one attached hydrogen (secondary N) is 1. The normalized spacial score (nSPS) is 16.5. The van der Waals surface area contributed by atoms with Gasteiger partial charge in [0.05, 0.1) is 12.6 Å². The summed E-state index contributed by atoms with van der Waals surface area (Å²) in [6, 6.07) is 18.5. The second kappa shape index (κ2) is 8.50. The van der Waals surface area contributed by atoms with Gasteiger partial charge in [0, 0.05) is 36.3 Å². The summed E-state index contributed by atoms with van der Waals surface area (Å²) in [5.41, 5.74) is 2.38. The first-order valence-corrected chi connectivity index (χ1v) is 9.48. The minimum absolute atomic E-state index is 0.0196. The number of carbonyl (C=O) groups excluding carboxylic acids is 1. The molecule has 0 bridgehead atoms. The molecule has 0 aliphatic carbocycles. The maximum Gasteiger partial charge on any atom is 0.234 e. The van der Waals surface area contributed by atoms with Crippen molar-refractivity contribution in [1.29, 1.82) is 0 Å². The van der Waals surface area contributed by atoms with Crippen LogP contribution in [0, 0.1) is 0 Å². The monoisotopic (exact) mass is 401 g/mol. The van der Waals surface area contributed by atoms with Crippen LogP contribution >= 0.6 is 15.9 Å². The van der Waals surface area contributed by atoms with Crippen LogP contribution in [0.1, 0.15) is 18.5 Å². The molecule has 2 aromatic carbocycles. The Labute approximate surface area is 158 Å². The molecule has 4 nitrogen and oxygen atoms in total. The first kappa shape index (κ1) is 18.0. The summed E-state index contributed by atoms with van der Waals surface area (Å²) < 4.78 is 1.05. The third-order valence-corrected chi connectivity index (χ3v) is 5.14. The first-order chi connectivity index (χ1) is 12.1. The third kappa shape index (κ3) is 5.06. The van der Waals surface area contributed by atoms with Crippen LogP contribution in [0.15, 0.2) is 59.1 Å².